The van der Waals surface area contributed by atoms with Gasteiger partial charge in [0.2, 0.25) is 0 Å². The SMILES string of the molecule is CC(C)C(N)c1ccn(CC2OCCc3ccccc32)c1. The molecule has 2 N–H and O–H groups in total. The molecule has 2 heterocycles. The third-order valence-corrected chi connectivity index (χ3v) is 4.35. The number of nitrogens with two attached hydrogens (primary N) is 1. The Labute approximate surface area is 126 Å². The maximum absolute atomic E-state index is 6.22. The molecule has 0 saturated carbocycles. The van der Waals surface area contributed by atoms with Crippen LogP contribution in [0.15, 0.2) is 42.7 Å². The summed E-state index contributed by atoms with van der Waals surface area (Å²) in [5.74, 6) is 0.451. The van der Waals surface area contributed by atoms with Crippen molar-refractivity contribution < 1.29 is 4.74 Å². The van der Waals surface area contributed by atoms with Gasteiger partial charge in [0.25, 0.3) is 0 Å². The van der Waals surface area contributed by atoms with Crippen LogP contribution in [0.5, 0.6) is 0 Å². The lowest BCUT2D eigenvalue weighted by atomic mass is 9.97. The molecule has 0 amide bonds. The van der Waals surface area contributed by atoms with Gasteiger partial charge in [-0.15, -0.1) is 0 Å². The fraction of sp³-hybridized carbons (Fsp3) is 0.444. The summed E-state index contributed by atoms with van der Waals surface area (Å²) in [5.41, 5.74) is 10.2. The second-order valence-electron chi connectivity index (χ2n) is 6.22. The van der Waals surface area contributed by atoms with Crippen LogP contribution in [0.4, 0.5) is 0 Å². The summed E-state index contributed by atoms with van der Waals surface area (Å²) in [5, 5.41) is 0. The molecule has 2 atom stereocenters. The van der Waals surface area contributed by atoms with Gasteiger partial charge >= 0.3 is 0 Å². The van der Waals surface area contributed by atoms with Crippen molar-refractivity contribution in [2.75, 3.05) is 6.61 Å². The Morgan fingerprint density at radius 2 is 2.10 bits per heavy atom. The number of fused-ring (bicyclic) bond motifs is 1. The molecule has 0 spiro atoms. The molecule has 0 saturated heterocycles. The Morgan fingerprint density at radius 1 is 1.29 bits per heavy atom. The first-order valence-corrected chi connectivity index (χ1v) is 7.76. The van der Waals surface area contributed by atoms with E-state index in [9.17, 15) is 0 Å². The lowest BCUT2D eigenvalue weighted by Gasteiger charge is -2.26. The third kappa shape index (κ3) is 3.04. The molecule has 0 bridgehead atoms. The molecule has 2 unspecified atom stereocenters. The van der Waals surface area contributed by atoms with E-state index in [2.05, 4.69) is 61.1 Å². The van der Waals surface area contributed by atoms with Crippen LogP contribution in [-0.4, -0.2) is 11.2 Å². The highest BCUT2D eigenvalue weighted by atomic mass is 16.5. The highest BCUT2D eigenvalue weighted by molar-refractivity contribution is 5.31. The zero-order chi connectivity index (χ0) is 14.8. The Morgan fingerprint density at radius 3 is 2.90 bits per heavy atom. The van der Waals surface area contributed by atoms with Gasteiger partial charge in [-0.05, 0) is 35.1 Å². The lowest BCUT2D eigenvalue weighted by Crippen LogP contribution is -2.20. The predicted molar refractivity (Wildman–Crippen MR) is 85.0 cm³/mol. The largest absolute Gasteiger partial charge is 0.371 e. The lowest BCUT2D eigenvalue weighted by molar-refractivity contribution is 0.0306. The molecule has 1 aliphatic rings. The minimum absolute atomic E-state index is 0.103. The van der Waals surface area contributed by atoms with Crippen LogP contribution in [0, 0.1) is 5.92 Å². The van der Waals surface area contributed by atoms with Crippen molar-refractivity contribution in [2.45, 2.75) is 39.0 Å². The molecule has 3 rings (SSSR count). The normalized spacial score (nSPS) is 19.5. The van der Waals surface area contributed by atoms with Crippen LogP contribution in [0.3, 0.4) is 0 Å². The molecule has 0 radical (unpaired) electrons. The highest BCUT2D eigenvalue weighted by Crippen LogP contribution is 2.29. The maximum atomic E-state index is 6.22. The Balaban J connectivity index is 1.76. The molecule has 1 aromatic carbocycles. The van der Waals surface area contributed by atoms with Crippen molar-refractivity contribution in [1.29, 1.82) is 0 Å². The average Bonchev–Trinajstić information content (AvgIpc) is 2.95. The summed E-state index contributed by atoms with van der Waals surface area (Å²) in [6.07, 6.45) is 5.43. The Hall–Kier alpha value is -1.58. The molecular weight excluding hydrogens is 260 g/mol. The minimum atomic E-state index is 0.103. The standard InChI is InChI=1S/C18H24N2O/c1-13(2)18(19)15-7-9-20(11-15)12-17-16-6-4-3-5-14(16)8-10-21-17/h3-7,9,11,13,17-18H,8,10,12,19H2,1-2H3. The van der Waals surface area contributed by atoms with Crippen molar-refractivity contribution in [3.8, 4) is 0 Å². The summed E-state index contributed by atoms with van der Waals surface area (Å²) in [6.45, 7) is 5.97. The van der Waals surface area contributed by atoms with Crippen LogP contribution in [0.1, 0.15) is 42.7 Å². The third-order valence-electron chi connectivity index (χ3n) is 4.35. The molecule has 1 aromatic heterocycles. The first kappa shape index (κ1) is 14.4. The fourth-order valence-corrected chi connectivity index (χ4v) is 2.97. The van der Waals surface area contributed by atoms with E-state index in [-0.39, 0.29) is 12.1 Å². The smallest absolute Gasteiger partial charge is 0.101 e. The highest BCUT2D eigenvalue weighted by Gasteiger charge is 2.21. The van der Waals surface area contributed by atoms with E-state index < -0.39 is 0 Å². The second-order valence-corrected chi connectivity index (χ2v) is 6.22. The molecule has 0 aliphatic carbocycles. The molecule has 2 aromatic rings. The monoisotopic (exact) mass is 284 g/mol. The van der Waals surface area contributed by atoms with Gasteiger partial charge in [-0.2, -0.15) is 0 Å². The average molecular weight is 284 g/mol. The van der Waals surface area contributed by atoms with Crippen molar-refractivity contribution in [3.05, 3.63) is 59.4 Å². The second kappa shape index (κ2) is 6.04. The first-order valence-electron chi connectivity index (χ1n) is 7.76. The zero-order valence-corrected chi connectivity index (χ0v) is 12.8. The number of aromatic nitrogens is 1. The van der Waals surface area contributed by atoms with Gasteiger partial charge in [0.05, 0.1) is 13.2 Å². The van der Waals surface area contributed by atoms with Crippen LogP contribution in [0.25, 0.3) is 0 Å². The molecule has 112 valence electrons. The van der Waals surface area contributed by atoms with Gasteiger partial charge in [-0.1, -0.05) is 38.1 Å². The maximum Gasteiger partial charge on any atom is 0.101 e. The Bertz CT molecular complexity index is 603. The van der Waals surface area contributed by atoms with E-state index >= 15 is 0 Å². The van der Waals surface area contributed by atoms with Crippen molar-refractivity contribution in [1.82, 2.24) is 4.57 Å². The predicted octanol–water partition coefficient (Wildman–Crippen LogP) is 3.46. The number of rotatable bonds is 4. The minimum Gasteiger partial charge on any atom is -0.371 e. The van der Waals surface area contributed by atoms with E-state index in [0.717, 1.165) is 19.6 Å². The van der Waals surface area contributed by atoms with E-state index in [4.69, 9.17) is 10.5 Å². The van der Waals surface area contributed by atoms with Crippen LogP contribution >= 0.6 is 0 Å². The van der Waals surface area contributed by atoms with E-state index in [0.29, 0.717) is 5.92 Å². The summed E-state index contributed by atoms with van der Waals surface area (Å²) < 4.78 is 8.17. The van der Waals surface area contributed by atoms with Gasteiger partial charge in [0.1, 0.15) is 6.10 Å². The summed E-state index contributed by atoms with van der Waals surface area (Å²) in [6, 6.07) is 10.8. The molecule has 21 heavy (non-hydrogen) atoms. The number of nitrogens with zero attached hydrogens (tertiary/aromatic N) is 1. The summed E-state index contributed by atoms with van der Waals surface area (Å²) in [7, 11) is 0. The number of ether oxygens (including phenoxy) is 1. The summed E-state index contributed by atoms with van der Waals surface area (Å²) in [4.78, 5) is 0. The van der Waals surface area contributed by atoms with Gasteiger partial charge in [-0.25, -0.2) is 0 Å². The van der Waals surface area contributed by atoms with Gasteiger partial charge in [0, 0.05) is 18.4 Å². The van der Waals surface area contributed by atoms with Crippen molar-refractivity contribution in [2.24, 2.45) is 11.7 Å². The number of hydrogen-bond acceptors (Lipinski definition) is 2. The van der Waals surface area contributed by atoms with Gasteiger partial charge in [-0.3, -0.25) is 0 Å². The quantitative estimate of drug-likeness (QED) is 0.934. The van der Waals surface area contributed by atoms with Gasteiger partial charge < -0.3 is 15.0 Å². The molecule has 3 nitrogen and oxygen atoms in total. The van der Waals surface area contributed by atoms with E-state index in [1.165, 1.54) is 16.7 Å². The number of hydrogen-bond donors (Lipinski definition) is 1. The van der Waals surface area contributed by atoms with Crippen molar-refractivity contribution >= 4 is 0 Å². The van der Waals surface area contributed by atoms with Crippen molar-refractivity contribution in [3.63, 3.8) is 0 Å². The Kier molecular flexibility index (Phi) is 4.13. The zero-order valence-electron chi connectivity index (χ0n) is 12.8. The molecule has 3 heteroatoms. The molecular formula is C18H24N2O. The summed E-state index contributed by atoms with van der Waals surface area (Å²) >= 11 is 0. The van der Waals surface area contributed by atoms with Gasteiger partial charge in [0.15, 0.2) is 0 Å². The van der Waals surface area contributed by atoms with Crippen LogP contribution < -0.4 is 5.73 Å². The molecule has 1 aliphatic heterocycles. The van der Waals surface area contributed by atoms with Crippen LogP contribution in [0.2, 0.25) is 0 Å². The fourth-order valence-electron chi connectivity index (χ4n) is 2.97. The first-order chi connectivity index (χ1) is 10.1. The van der Waals surface area contributed by atoms with E-state index in [1.807, 2.05) is 0 Å². The van der Waals surface area contributed by atoms with Crippen LogP contribution in [-0.2, 0) is 17.7 Å². The molecule has 0 fully saturated rings. The topological polar surface area (TPSA) is 40.2 Å². The number of benzene rings is 1. The van der Waals surface area contributed by atoms with E-state index in [1.54, 1.807) is 0 Å².